The van der Waals surface area contributed by atoms with E-state index in [1.807, 2.05) is 0 Å². The Bertz CT molecular complexity index is 662. The van der Waals surface area contributed by atoms with Gasteiger partial charge in [-0.15, -0.1) is 0 Å². The van der Waals surface area contributed by atoms with Crippen LogP contribution < -0.4 is 5.32 Å². The van der Waals surface area contributed by atoms with Gasteiger partial charge in [0.1, 0.15) is 5.82 Å². The second-order valence-electron chi connectivity index (χ2n) is 4.36. The Kier molecular flexibility index (Phi) is 3.79. The summed E-state index contributed by atoms with van der Waals surface area (Å²) >= 11 is 0. The third kappa shape index (κ3) is 3.20. The van der Waals surface area contributed by atoms with Crippen molar-refractivity contribution in [3.05, 3.63) is 65.0 Å². The standard InChI is InChI=1S/C15H12FNO3/c1-9-5-12(16)8-13(6-9)17-14(18)10-3-2-4-11(7-10)15(19)20/h2-8H,1H3,(H,17,18)(H,19,20). The van der Waals surface area contributed by atoms with Crippen molar-refractivity contribution in [3.8, 4) is 0 Å². The van der Waals surface area contributed by atoms with Gasteiger partial charge in [-0.1, -0.05) is 6.07 Å². The number of benzene rings is 2. The smallest absolute Gasteiger partial charge is 0.335 e. The molecule has 0 aliphatic rings. The van der Waals surface area contributed by atoms with Crippen LogP contribution in [0.25, 0.3) is 0 Å². The number of carbonyl (C=O) groups excluding carboxylic acids is 1. The van der Waals surface area contributed by atoms with Crippen LogP contribution in [0.5, 0.6) is 0 Å². The molecule has 2 N–H and O–H groups in total. The van der Waals surface area contributed by atoms with Crippen molar-refractivity contribution in [2.24, 2.45) is 0 Å². The molecule has 0 atom stereocenters. The number of amides is 1. The third-order valence-electron chi connectivity index (χ3n) is 2.67. The zero-order valence-electron chi connectivity index (χ0n) is 10.7. The lowest BCUT2D eigenvalue weighted by Crippen LogP contribution is -2.13. The molecule has 0 bridgehead atoms. The fourth-order valence-corrected chi connectivity index (χ4v) is 1.81. The number of anilines is 1. The molecule has 2 aromatic carbocycles. The quantitative estimate of drug-likeness (QED) is 0.903. The molecule has 2 rings (SSSR count). The Morgan fingerprint density at radius 2 is 1.80 bits per heavy atom. The van der Waals surface area contributed by atoms with Gasteiger partial charge in [-0.2, -0.15) is 0 Å². The van der Waals surface area contributed by atoms with E-state index in [1.54, 1.807) is 13.0 Å². The number of aryl methyl sites for hydroxylation is 1. The molecule has 0 radical (unpaired) electrons. The van der Waals surface area contributed by atoms with Gasteiger partial charge in [0.15, 0.2) is 0 Å². The molecule has 1 amide bonds. The summed E-state index contributed by atoms with van der Waals surface area (Å²) in [5, 5.41) is 11.4. The van der Waals surface area contributed by atoms with Gasteiger partial charge in [0.25, 0.3) is 5.91 Å². The fourth-order valence-electron chi connectivity index (χ4n) is 1.81. The molecule has 0 unspecified atom stereocenters. The van der Waals surface area contributed by atoms with E-state index in [4.69, 9.17) is 5.11 Å². The number of hydrogen-bond donors (Lipinski definition) is 2. The zero-order chi connectivity index (χ0) is 14.7. The van der Waals surface area contributed by atoms with Gasteiger partial charge in [-0.3, -0.25) is 4.79 Å². The van der Waals surface area contributed by atoms with E-state index in [1.165, 1.54) is 36.4 Å². The van der Waals surface area contributed by atoms with Crippen molar-refractivity contribution in [2.45, 2.75) is 6.92 Å². The first-order valence-electron chi connectivity index (χ1n) is 5.87. The van der Waals surface area contributed by atoms with Gasteiger partial charge in [-0.05, 0) is 48.9 Å². The molecule has 0 spiro atoms. The predicted molar refractivity (Wildman–Crippen MR) is 72.5 cm³/mol. The van der Waals surface area contributed by atoms with Crippen molar-refractivity contribution in [3.63, 3.8) is 0 Å². The van der Waals surface area contributed by atoms with Crippen LogP contribution in [-0.4, -0.2) is 17.0 Å². The molecule has 0 saturated carbocycles. The topological polar surface area (TPSA) is 66.4 Å². The summed E-state index contributed by atoms with van der Waals surface area (Å²) in [5.74, 6) is -2.04. The van der Waals surface area contributed by atoms with Gasteiger partial charge in [0.05, 0.1) is 5.56 Å². The van der Waals surface area contributed by atoms with Crippen LogP contribution in [0.1, 0.15) is 26.3 Å². The Labute approximate surface area is 114 Å². The van der Waals surface area contributed by atoms with Gasteiger partial charge < -0.3 is 10.4 Å². The van der Waals surface area contributed by atoms with Gasteiger partial charge in [-0.25, -0.2) is 9.18 Å². The lowest BCUT2D eigenvalue weighted by molar-refractivity contribution is 0.0697. The second kappa shape index (κ2) is 5.52. The monoisotopic (exact) mass is 273 g/mol. The van der Waals surface area contributed by atoms with E-state index in [0.717, 1.165) is 0 Å². The number of carboxylic acid groups (broad SMARTS) is 1. The van der Waals surface area contributed by atoms with Crippen LogP contribution in [0.3, 0.4) is 0 Å². The van der Waals surface area contributed by atoms with Crippen molar-refractivity contribution >= 4 is 17.6 Å². The van der Waals surface area contributed by atoms with Crippen molar-refractivity contribution < 1.29 is 19.1 Å². The summed E-state index contributed by atoms with van der Waals surface area (Å²) < 4.78 is 13.2. The third-order valence-corrected chi connectivity index (χ3v) is 2.67. The molecule has 0 saturated heterocycles. The number of nitrogens with one attached hydrogen (secondary N) is 1. The first-order valence-corrected chi connectivity index (χ1v) is 5.87. The Hall–Kier alpha value is -2.69. The molecule has 0 aliphatic heterocycles. The lowest BCUT2D eigenvalue weighted by Gasteiger charge is -2.07. The lowest BCUT2D eigenvalue weighted by atomic mass is 10.1. The van der Waals surface area contributed by atoms with Crippen LogP contribution in [-0.2, 0) is 0 Å². The van der Waals surface area contributed by atoms with Gasteiger partial charge in [0, 0.05) is 11.3 Å². The maximum Gasteiger partial charge on any atom is 0.335 e. The summed E-state index contributed by atoms with van der Waals surface area (Å²) in [6.07, 6.45) is 0. The maximum absolute atomic E-state index is 13.2. The summed E-state index contributed by atoms with van der Waals surface area (Å²) in [5.41, 5.74) is 1.23. The molecule has 0 aliphatic carbocycles. The van der Waals surface area contributed by atoms with Crippen LogP contribution in [0.4, 0.5) is 10.1 Å². The minimum atomic E-state index is -1.11. The largest absolute Gasteiger partial charge is 0.478 e. The molecule has 0 heterocycles. The van der Waals surface area contributed by atoms with Crippen LogP contribution >= 0.6 is 0 Å². The molecule has 20 heavy (non-hydrogen) atoms. The first kappa shape index (κ1) is 13.7. The highest BCUT2D eigenvalue weighted by molar-refractivity contribution is 6.05. The molecule has 0 aromatic heterocycles. The van der Waals surface area contributed by atoms with E-state index in [9.17, 15) is 14.0 Å². The fraction of sp³-hybridized carbons (Fsp3) is 0.0667. The van der Waals surface area contributed by atoms with Gasteiger partial charge >= 0.3 is 5.97 Å². The summed E-state index contributed by atoms with van der Waals surface area (Å²) in [6, 6.07) is 9.81. The van der Waals surface area contributed by atoms with Crippen LogP contribution in [0.2, 0.25) is 0 Å². The Morgan fingerprint density at radius 1 is 1.10 bits per heavy atom. The van der Waals surface area contributed by atoms with E-state index in [2.05, 4.69) is 5.32 Å². The first-order chi connectivity index (χ1) is 9.45. The molecule has 5 heteroatoms. The van der Waals surface area contributed by atoms with E-state index < -0.39 is 17.7 Å². The van der Waals surface area contributed by atoms with E-state index >= 15 is 0 Å². The maximum atomic E-state index is 13.2. The Balaban J connectivity index is 2.23. The number of hydrogen-bond acceptors (Lipinski definition) is 2. The minimum Gasteiger partial charge on any atom is -0.478 e. The normalized spacial score (nSPS) is 10.1. The van der Waals surface area contributed by atoms with Crippen LogP contribution in [0.15, 0.2) is 42.5 Å². The van der Waals surface area contributed by atoms with Crippen molar-refractivity contribution in [1.29, 1.82) is 0 Å². The molecule has 0 fully saturated rings. The molecule has 4 nitrogen and oxygen atoms in total. The number of rotatable bonds is 3. The summed E-state index contributed by atoms with van der Waals surface area (Å²) in [4.78, 5) is 22.8. The second-order valence-corrected chi connectivity index (χ2v) is 4.36. The molecular weight excluding hydrogens is 261 g/mol. The average Bonchev–Trinajstić information content (AvgIpc) is 2.37. The summed E-state index contributed by atoms with van der Waals surface area (Å²) in [7, 11) is 0. The zero-order valence-corrected chi connectivity index (χ0v) is 10.7. The van der Waals surface area contributed by atoms with E-state index in [-0.39, 0.29) is 11.1 Å². The molecule has 2 aromatic rings. The number of carbonyl (C=O) groups is 2. The average molecular weight is 273 g/mol. The van der Waals surface area contributed by atoms with Crippen molar-refractivity contribution in [2.75, 3.05) is 5.32 Å². The molecular formula is C15H12FNO3. The highest BCUT2D eigenvalue weighted by Crippen LogP contribution is 2.15. The summed E-state index contributed by atoms with van der Waals surface area (Å²) in [6.45, 7) is 1.71. The van der Waals surface area contributed by atoms with Crippen LogP contribution in [0, 0.1) is 12.7 Å². The van der Waals surface area contributed by atoms with Crippen molar-refractivity contribution in [1.82, 2.24) is 0 Å². The van der Waals surface area contributed by atoms with E-state index in [0.29, 0.717) is 11.3 Å². The van der Waals surface area contributed by atoms with Gasteiger partial charge in [0.2, 0.25) is 0 Å². The highest BCUT2D eigenvalue weighted by atomic mass is 19.1. The molecule has 102 valence electrons. The predicted octanol–water partition coefficient (Wildman–Crippen LogP) is 3.08. The SMILES string of the molecule is Cc1cc(F)cc(NC(=O)c2cccc(C(=O)O)c2)c1. The Morgan fingerprint density at radius 3 is 2.45 bits per heavy atom. The number of halogens is 1. The highest BCUT2D eigenvalue weighted by Gasteiger charge is 2.10. The number of carboxylic acids is 1. The minimum absolute atomic E-state index is 0.0214. The number of aromatic carboxylic acids is 1.